The first-order valence-corrected chi connectivity index (χ1v) is 8.01. The van der Waals surface area contributed by atoms with E-state index in [4.69, 9.17) is 14.6 Å². The highest BCUT2D eigenvalue weighted by atomic mass is 19.4. The number of nitrogens with zero attached hydrogens (tertiary/aromatic N) is 4. The van der Waals surface area contributed by atoms with Gasteiger partial charge < -0.3 is 14.6 Å². The van der Waals surface area contributed by atoms with Crippen LogP contribution >= 0.6 is 0 Å². The molecule has 0 spiro atoms. The van der Waals surface area contributed by atoms with Gasteiger partial charge in [-0.05, 0) is 31.9 Å². The van der Waals surface area contributed by atoms with Crippen molar-refractivity contribution in [2.24, 2.45) is 0 Å². The molecule has 2 aromatic heterocycles. The second-order valence-corrected chi connectivity index (χ2v) is 6.37. The molecule has 2 aromatic rings. The summed E-state index contributed by atoms with van der Waals surface area (Å²) in [7, 11) is 0. The Hall–Kier alpha value is -3.11. The van der Waals surface area contributed by atoms with E-state index in [9.17, 15) is 18.0 Å². The third-order valence-corrected chi connectivity index (χ3v) is 2.79. The molecule has 0 saturated heterocycles. The Balaban J connectivity index is 0.000000480. The number of carbonyl (C=O) groups excluding carboxylic acids is 2. The molecule has 0 N–H and O–H groups in total. The predicted molar refractivity (Wildman–Crippen MR) is 87.0 cm³/mol. The topological polar surface area (TPSA) is 109 Å². The highest BCUT2D eigenvalue weighted by molar-refractivity contribution is 5.70. The zero-order valence-electron chi connectivity index (χ0n) is 15.4. The number of halogens is 3. The van der Waals surface area contributed by atoms with Crippen molar-refractivity contribution in [3.63, 3.8) is 0 Å². The zero-order valence-corrected chi connectivity index (χ0v) is 15.4. The van der Waals surface area contributed by atoms with Crippen LogP contribution in [0.4, 0.5) is 13.2 Å². The Morgan fingerprint density at radius 3 is 2.18 bits per heavy atom. The maximum Gasteiger partial charge on any atom is 0.430 e. The smallest absolute Gasteiger partial charge is 0.430 e. The first-order valence-electron chi connectivity index (χ1n) is 8.01. The van der Waals surface area contributed by atoms with Crippen LogP contribution in [-0.2, 0) is 20.9 Å². The van der Waals surface area contributed by atoms with Crippen molar-refractivity contribution in [1.29, 1.82) is 0 Å². The summed E-state index contributed by atoms with van der Waals surface area (Å²) in [5.41, 5.74) is 0.382. The monoisotopic (exact) mass is 400 g/mol. The number of aryl methyl sites for hydroxylation is 1. The summed E-state index contributed by atoms with van der Waals surface area (Å²) in [6.07, 6.45) is 1.95. The van der Waals surface area contributed by atoms with Gasteiger partial charge in [-0.25, -0.2) is 9.97 Å². The average Bonchev–Trinajstić information content (AvgIpc) is 2.59. The Labute approximate surface area is 159 Å². The Morgan fingerprint density at radius 2 is 1.75 bits per heavy atom. The summed E-state index contributed by atoms with van der Waals surface area (Å²) in [6.45, 7) is 6.03. The van der Waals surface area contributed by atoms with Gasteiger partial charge >= 0.3 is 12.1 Å². The van der Waals surface area contributed by atoms with Crippen LogP contribution in [0.3, 0.4) is 0 Å². The van der Waals surface area contributed by atoms with E-state index in [0.29, 0.717) is 12.4 Å². The lowest BCUT2D eigenvalue weighted by atomic mass is 10.2. The van der Waals surface area contributed by atoms with Crippen LogP contribution in [-0.4, -0.2) is 38.8 Å². The first-order chi connectivity index (χ1) is 12.9. The number of carbonyl (C=O) groups is 2. The SMILES string of the molecule is CC(C)(C)OC(=O)CC[n+]1ccc(-c2ncccn2)cn1.O=C([O-])C(F)(F)F. The molecule has 28 heavy (non-hydrogen) atoms. The fraction of sp³-hybridized carbons (Fsp3) is 0.412. The zero-order chi connectivity index (χ0) is 21.4. The molecular weight excluding hydrogens is 381 g/mol. The lowest BCUT2D eigenvalue weighted by Crippen LogP contribution is -2.39. The average molecular weight is 400 g/mol. The van der Waals surface area contributed by atoms with Gasteiger partial charge in [0.25, 0.3) is 0 Å². The van der Waals surface area contributed by atoms with Gasteiger partial charge in [0, 0.05) is 24.0 Å². The van der Waals surface area contributed by atoms with Gasteiger partial charge in [-0.3, -0.25) is 4.79 Å². The summed E-state index contributed by atoms with van der Waals surface area (Å²) < 4.78 is 38.5. The van der Waals surface area contributed by atoms with E-state index in [-0.39, 0.29) is 12.4 Å². The summed E-state index contributed by atoms with van der Waals surface area (Å²) in [4.78, 5) is 28.7. The highest BCUT2D eigenvalue weighted by Crippen LogP contribution is 2.11. The summed E-state index contributed by atoms with van der Waals surface area (Å²) >= 11 is 0. The third kappa shape index (κ3) is 9.01. The first kappa shape index (κ1) is 22.9. The largest absolute Gasteiger partial charge is 0.542 e. The highest BCUT2D eigenvalue weighted by Gasteiger charge is 2.28. The van der Waals surface area contributed by atoms with Crippen LogP contribution in [0.15, 0.2) is 36.9 Å². The van der Waals surface area contributed by atoms with Crippen LogP contribution in [0.2, 0.25) is 0 Å². The summed E-state index contributed by atoms with van der Waals surface area (Å²) in [6, 6.07) is 3.64. The van der Waals surface area contributed by atoms with Crippen molar-refractivity contribution >= 4 is 11.9 Å². The number of aromatic nitrogens is 4. The maximum atomic E-state index is 11.6. The molecule has 152 valence electrons. The van der Waals surface area contributed by atoms with Crippen LogP contribution in [0.1, 0.15) is 27.2 Å². The van der Waals surface area contributed by atoms with E-state index < -0.39 is 17.7 Å². The fourth-order valence-corrected chi connectivity index (χ4v) is 1.70. The van der Waals surface area contributed by atoms with Crippen LogP contribution < -0.4 is 9.79 Å². The van der Waals surface area contributed by atoms with Crippen LogP contribution in [0.5, 0.6) is 0 Å². The molecule has 11 heteroatoms. The van der Waals surface area contributed by atoms with Crippen molar-refractivity contribution in [1.82, 2.24) is 15.1 Å². The molecule has 0 atom stereocenters. The Morgan fingerprint density at radius 1 is 1.18 bits per heavy atom. The molecule has 8 nitrogen and oxygen atoms in total. The number of carboxylic acids is 1. The van der Waals surface area contributed by atoms with Gasteiger partial charge in [0.05, 0.1) is 0 Å². The number of alkyl halides is 3. The van der Waals surface area contributed by atoms with Crippen molar-refractivity contribution in [2.75, 3.05) is 0 Å². The molecule has 0 fully saturated rings. The van der Waals surface area contributed by atoms with Crippen molar-refractivity contribution < 1.29 is 37.3 Å². The standard InChI is InChI=1S/C15H19N4O2.C2HF3O2/c1-15(2,3)21-13(20)6-10-19-9-5-12(11-18-19)14-16-7-4-8-17-14;3-2(4,5)1(6)7/h4-5,7-9,11H,6,10H2,1-3H3;(H,6,7)/q+1;/p-1. The van der Waals surface area contributed by atoms with E-state index >= 15 is 0 Å². The molecule has 0 aromatic carbocycles. The van der Waals surface area contributed by atoms with Gasteiger partial charge in [0.1, 0.15) is 24.2 Å². The summed E-state index contributed by atoms with van der Waals surface area (Å²) in [5.74, 6) is -2.61. The third-order valence-electron chi connectivity index (χ3n) is 2.79. The normalized spacial score (nSPS) is 11.2. The van der Waals surface area contributed by atoms with E-state index in [1.807, 2.05) is 26.8 Å². The lowest BCUT2D eigenvalue weighted by molar-refractivity contribution is -0.753. The minimum atomic E-state index is -5.19. The number of carboxylic acid groups (broad SMARTS) is 1. The van der Waals surface area contributed by atoms with E-state index in [0.717, 1.165) is 5.56 Å². The molecule has 2 heterocycles. The van der Waals surface area contributed by atoms with Crippen LogP contribution in [0, 0.1) is 0 Å². The molecule has 0 bridgehead atoms. The minimum Gasteiger partial charge on any atom is -0.542 e. The Bertz CT molecular complexity index is 776. The number of hydrogen-bond acceptors (Lipinski definition) is 7. The van der Waals surface area contributed by atoms with Gasteiger partial charge in [-0.1, -0.05) is 4.68 Å². The van der Waals surface area contributed by atoms with Gasteiger partial charge in [-0.15, -0.1) is 0 Å². The fourth-order valence-electron chi connectivity index (χ4n) is 1.70. The molecule has 0 saturated carbocycles. The van der Waals surface area contributed by atoms with E-state index in [1.54, 1.807) is 35.5 Å². The van der Waals surface area contributed by atoms with Gasteiger partial charge in [0.15, 0.2) is 18.6 Å². The van der Waals surface area contributed by atoms with Crippen molar-refractivity contribution in [2.45, 2.75) is 45.5 Å². The van der Waals surface area contributed by atoms with E-state index in [1.165, 1.54) is 0 Å². The number of ether oxygens (including phenoxy) is 1. The molecule has 2 rings (SSSR count). The minimum absolute atomic E-state index is 0.229. The number of rotatable bonds is 4. The molecule has 0 unspecified atom stereocenters. The maximum absolute atomic E-state index is 11.6. The molecular formula is C17H19F3N4O4. The van der Waals surface area contributed by atoms with E-state index in [2.05, 4.69) is 15.1 Å². The Kier molecular flexibility index (Phi) is 7.96. The number of hydrogen-bond donors (Lipinski definition) is 0. The van der Waals surface area contributed by atoms with Gasteiger partial charge in [0.2, 0.25) is 0 Å². The number of esters is 1. The van der Waals surface area contributed by atoms with Gasteiger partial charge in [-0.2, -0.15) is 13.2 Å². The number of aliphatic carboxylic acids is 1. The summed E-state index contributed by atoms with van der Waals surface area (Å²) in [5, 5.41) is 13.0. The second-order valence-electron chi connectivity index (χ2n) is 6.37. The van der Waals surface area contributed by atoms with Crippen molar-refractivity contribution in [3.05, 3.63) is 36.9 Å². The van der Waals surface area contributed by atoms with Crippen molar-refractivity contribution in [3.8, 4) is 11.4 Å². The molecule has 0 radical (unpaired) electrons. The second kappa shape index (κ2) is 9.72. The quantitative estimate of drug-likeness (QED) is 0.553. The lowest BCUT2D eigenvalue weighted by Gasteiger charge is -2.18. The molecule has 0 aliphatic carbocycles. The molecule has 0 aliphatic heterocycles. The van der Waals surface area contributed by atoms with Crippen LogP contribution in [0.25, 0.3) is 11.4 Å². The molecule has 0 amide bonds. The predicted octanol–water partition coefficient (Wildman–Crippen LogP) is 0.856. The molecule has 0 aliphatic rings.